The molecule has 0 spiro atoms. The topological polar surface area (TPSA) is 63.2 Å². The van der Waals surface area contributed by atoms with Crippen LogP contribution in [0.5, 0.6) is 0 Å². The normalized spacial score (nSPS) is 12.2. The van der Waals surface area contributed by atoms with E-state index in [1.807, 2.05) is 20.8 Å². The van der Waals surface area contributed by atoms with E-state index in [1.165, 1.54) is 0 Å². The number of aryl methyl sites for hydroxylation is 2. The molecule has 0 aliphatic carbocycles. The Morgan fingerprint density at radius 1 is 1.50 bits per heavy atom. The summed E-state index contributed by atoms with van der Waals surface area (Å²) < 4.78 is 4.96. The fourth-order valence-electron chi connectivity index (χ4n) is 1.54. The van der Waals surface area contributed by atoms with Gasteiger partial charge in [0.25, 0.3) is 0 Å². The largest absolute Gasteiger partial charge is 0.385 e. The quantitative estimate of drug-likeness (QED) is 0.831. The summed E-state index contributed by atoms with van der Waals surface area (Å²) in [6.07, 6.45) is 0.808. The van der Waals surface area contributed by atoms with Crippen molar-refractivity contribution in [3.8, 4) is 0 Å². The standard InChI is InChI=1S/C12H21N3O2S/c1-8(5-6-17-4)14-12(16)13-7-11-9(2)15-10(3)18-11/h8H,5-7H2,1-4H3,(H2,13,14,16)/t8-/m0/s1. The Morgan fingerprint density at radius 2 is 2.22 bits per heavy atom. The van der Waals surface area contributed by atoms with Gasteiger partial charge in [-0.3, -0.25) is 0 Å². The van der Waals surface area contributed by atoms with Crippen LogP contribution in [0.2, 0.25) is 0 Å². The molecule has 1 rings (SSSR count). The van der Waals surface area contributed by atoms with Crippen LogP contribution in [-0.4, -0.2) is 30.8 Å². The minimum atomic E-state index is -0.149. The van der Waals surface area contributed by atoms with E-state index in [-0.39, 0.29) is 12.1 Å². The van der Waals surface area contributed by atoms with Crippen LogP contribution in [0, 0.1) is 13.8 Å². The Labute approximate surface area is 112 Å². The van der Waals surface area contributed by atoms with Crippen LogP contribution in [0.1, 0.15) is 28.9 Å². The molecule has 1 heterocycles. The molecule has 0 aliphatic heterocycles. The van der Waals surface area contributed by atoms with Crippen LogP contribution < -0.4 is 10.6 Å². The molecule has 5 nitrogen and oxygen atoms in total. The Kier molecular flexibility index (Phi) is 6.07. The van der Waals surface area contributed by atoms with Gasteiger partial charge in [-0.1, -0.05) is 0 Å². The predicted molar refractivity (Wildman–Crippen MR) is 72.9 cm³/mol. The SMILES string of the molecule is COCC[C@H](C)NC(=O)NCc1sc(C)nc1C. The number of carbonyl (C=O) groups excluding carboxylic acids is 1. The number of nitrogens with one attached hydrogen (secondary N) is 2. The maximum Gasteiger partial charge on any atom is 0.315 e. The predicted octanol–water partition coefficient (Wildman–Crippen LogP) is 1.98. The van der Waals surface area contributed by atoms with Crippen LogP contribution in [0.4, 0.5) is 4.79 Å². The molecule has 0 aromatic carbocycles. The zero-order valence-electron chi connectivity index (χ0n) is 11.4. The summed E-state index contributed by atoms with van der Waals surface area (Å²) in [5.74, 6) is 0. The Hall–Kier alpha value is -1.14. The molecular weight excluding hydrogens is 250 g/mol. The average molecular weight is 271 g/mol. The Bertz CT molecular complexity index is 393. The van der Waals surface area contributed by atoms with E-state index in [0.29, 0.717) is 13.2 Å². The summed E-state index contributed by atoms with van der Waals surface area (Å²) in [5.41, 5.74) is 0.991. The van der Waals surface area contributed by atoms with Crippen molar-refractivity contribution in [2.24, 2.45) is 0 Å². The third kappa shape index (κ3) is 5.01. The van der Waals surface area contributed by atoms with Gasteiger partial charge in [-0.05, 0) is 27.2 Å². The number of ether oxygens (including phenoxy) is 1. The van der Waals surface area contributed by atoms with Gasteiger partial charge in [0.2, 0.25) is 0 Å². The molecule has 0 radical (unpaired) electrons. The van der Waals surface area contributed by atoms with Gasteiger partial charge in [0.15, 0.2) is 0 Å². The summed E-state index contributed by atoms with van der Waals surface area (Å²) in [4.78, 5) is 17.1. The monoisotopic (exact) mass is 271 g/mol. The van der Waals surface area contributed by atoms with E-state index in [0.717, 1.165) is 22.0 Å². The summed E-state index contributed by atoms with van der Waals surface area (Å²) in [6, 6.07) is -0.0432. The summed E-state index contributed by atoms with van der Waals surface area (Å²) in [7, 11) is 1.65. The highest BCUT2D eigenvalue weighted by atomic mass is 32.1. The number of rotatable bonds is 6. The Morgan fingerprint density at radius 3 is 2.78 bits per heavy atom. The second-order valence-electron chi connectivity index (χ2n) is 4.25. The molecule has 0 bridgehead atoms. The van der Waals surface area contributed by atoms with Gasteiger partial charge in [0.05, 0.1) is 17.2 Å². The van der Waals surface area contributed by atoms with Gasteiger partial charge in [0, 0.05) is 24.6 Å². The molecule has 0 saturated heterocycles. The molecule has 1 atom stereocenters. The summed E-state index contributed by atoms with van der Waals surface area (Å²) >= 11 is 1.62. The molecule has 2 amide bonds. The molecule has 18 heavy (non-hydrogen) atoms. The number of aromatic nitrogens is 1. The van der Waals surface area contributed by atoms with Crippen LogP contribution in [0.25, 0.3) is 0 Å². The second-order valence-corrected chi connectivity index (χ2v) is 5.54. The molecular formula is C12H21N3O2S. The minimum Gasteiger partial charge on any atom is -0.385 e. The molecule has 0 aliphatic rings. The van der Waals surface area contributed by atoms with Crippen LogP contribution in [0.3, 0.4) is 0 Å². The maximum atomic E-state index is 11.6. The van der Waals surface area contributed by atoms with Gasteiger partial charge in [-0.15, -0.1) is 11.3 Å². The summed E-state index contributed by atoms with van der Waals surface area (Å²) in [6.45, 7) is 7.06. The zero-order valence-corrected chi connectivity index (χ0v) is 12.2. The fraction of sp³-hybridized carbons (Fsp3) is 0.667. The highest BCUT2D eigenvalue weighted by molar-refractivity contribution is 7.11. The first-order chi connectivity index (χ1) is 8.52. The van der Waals surface area contributed by atoms with Gasteiger partial charge in [-0.2, -0.15) is 0 Å². The van der Waals surface area contributed by atoms with Crippen LogP contribution >= 0.6 is 11.3 Å². The van der Waals surface area contributed by atoms with Crippen molar-refractivity contribution in [3.63, 3.8) is 0 Å². The lowest BCUT2D eigenvalue weighted by Gasteiger charge is -2.13. The molecule has 0 fully saturated rings. The number of urea groups is 1. The van der Waals surface area contributed by atoms with Gasteiger partial charge >= 0.3 is 6.03 Å². The van der Waals surface area contributed by atoms with Gasteiger partial charge < -0.3 is 15.4 Å². The first-order valence-electron chi connectivity index (χ1n) is 5.99. The van der Waals surface area contributed by atoms with Crippen molar-refractivity contribution >= 4 is 17.4 Å². The van der Waals surface area contributed by atoms with Crippen molar-refractivity contribution in [1.82, 2.24) is 15.6 Å². The summed E-state index contributed by atoms with van der Waals surface area (Å²) in [5, 5.41) is 6.73. The van der Waals surface area contributed by atoms with E-state index in [9.17, 15) is 4.79 Å². The number of hydrogen-bond acceptors (Lipinski definition) is 4. The highest BCUT2D eigenvalue weighted by Gasteiger charge is 2.09. The molecule has 0 unspecified atom stereocenters. The maximum absolute atomic E-state index is 11.6. The zero-order chi connectivity index (χ0) is 13.5. The number of thiazole rings is 1. The molecule has 0 saturated carbocycles. The molecule has 1 aromatic heterocycles. The second kappa shape index (κ2) is 7.33. The molecule has 6 heteroatoms. The first-order valence-corrected chi connectivity index (χ1v) is 6.80. The van der Waals surface area contributed by atoms with E-state index < -0.39 is 0 Å². The Balaban J connectivity index is 2.30. The lowest BCUT2D eigenvalue weighted by molar-refractivity contribution is 0.184. The number of hydrogen-bond donors (Lipinski definition) is 2. The van der Waals surface area contributed by atoms with Crippen LogP contribution in [0.15, 0.2) is 0 Å². The third-order valence-corrected chi connectivity index (χ3v) is 3.61. The molecule has 1 aromatic rings. The lowest BCUT2D eigenvalue weighted by atomic mass is 10.2. The number of methoxy groups -OCH3 is 1. The number of nitrogens with zero attached hydrogens (tertiary/aromatic N) is 1. The first kappa shape index (κ1) is 14.9. The smallest absolute Gasteiger partial charge is 0.315 e. The van der Waals surface area contributed by atoms with E-state index in [4.69, 9.17) is 4.74 Å². The van der Waals surface area contributed by atoms with E-state index >= 15 is 0 Å². The van der Waals surface area contributed by atoms with Gasteiger partial charge in [-0.25, -0.2) is 9.78 Å². The molecule has 2 N–H and O–H groups in total. The van der Waals surface area contributed by atoms with Crippen molar-refractivity contribution in [1.29, 1.82) is 0 Å². The lowest BCUT2D eigenvalue weighted by Crippen LogP contribution is -2.40. The number of amides is 2. The minimum absolute atomic E-state index is 0.106. The third-order valence-electron chi connectivity index (χ3n) is 2.54. The van der Waals surface area contributed by atoms with E-state index in [1.54, 1.807) is 18.4 Å². The average Bonchev–Trinajstić information content (AvgIpc) is 2.62. The van der Waals surface area contributed by atoms with Crippen molar-refractivity contribution < 1.29 is 9.53 Å². The number of carbonyl (C=O) groups is 1. The molecule has 102 valence electrons. The van der Waals surface area contributed by atoms with Crippen molar-refractivity contribution in [2.45, 2.75) is 39.8 Å². The highest BCUT2D eigenvalue weighted by Crippen LogP contribution is 2.16. The van der Waals surface area contributed by atoms with E-state index in [2.05, 4.69) is 15.6 Å². The van der Waals surface area contributed by atoms with Gasteiger partial charge in [0.1, 0.15) is 0 Å². The van der Waals surface area contributed by atoms with Crippen molar-refractivity contribution in [2.75, 3.05) is 13.7 Å². The fourth-order valence-corrected chi connectivity index (χ4v) is 2.42. The van der Waals surface area contributed by atoms with Crippen LogP contribution in [-0.2, 0) is 11.3 Å². The van der Waals surface area contributed by atoms with Crippen molar-refractivity contribution in [3.05, 3.63) is 15.6 Å².